The second-order valence-corrected chi connectivity index (χ2v) is 8.60. The Morgan fingerprint density at radius 2 is 1.97 bits per heavy atom. The molecule has 11 heteroatoms. The number of benzene rings is 3. The summed E-state index contributed by atoms with van der Waals surface area (Å²) in [6, 6.07) is 16.8. The molecule has 8 nitrogen and oxygen atoms in total. The summed E-state index contributed by atoms with van der Waals surface area (Å²) in [7, 11) is 1.32. The van der Waals surface area contributed by atoms with Gasteiger partial charge in [0.05, 0.1) is 27.9 Å². The van der Waals surface area contributed by atoms with Crippen LogP contribution in [0.3, 0.4) is 0 Å². The lowest BCUT2D eigenvalue weighted by Crippen LogP contribution is -2.34. The maximum absolute atomic E-state index is 12.6. The third-order valence-electron chi connectivity index (χ3n) is 4.62. The minimum Gasteiger partial charge on any atom is -0.490 e. The normalized spacial score (nSPS) is 10.6. The van der Waals surface area contributed by atoms with Crippen molar-refractivity contribution in [3.05, 3.63) is 81.4 Å². The number of amides is 1. The summed E-state index contributed by atoms with van der Waals surface area (Å²) >= 11 is 13.0. The summed E-state index contributed by atoms with van der Waals surface area (Å²) in [5.41, 5.74) is 1.93. The van der Waals surface area contributed by atoms with Crippen LogP contribution >= 0.6 is 35.2 Å². The first-order valence-electron chi connectivity index (χ1n) is 9.46. The number of thiocarbonyl (C=S) groups is 1. The molecule has 0 atom stereocenters. The van der Waals surface area contributed by atoms with Gasteiger partial charge in [-0.1, -0.05) is 23.7 Å². The summed E-state index contributed by atoms with van der Waals surface area (Å²) in [6.07, 6.45) is 0. The van der Waals surface area contributed by atoms with E-state index in [9.17, 15) is 14.9 Å². The van der Waals surface area contributed by atoms with Gasteiger partial charge >= 0.3 is 5.69 Å². The number of hydrogen-bond acceptors (Lipinski definition) is 7. The fourth-order valence-electron chi connectivity index (χ4n) is 3.09. The van der Waals surface area contributed by atoms with Gasteiger partial charge in [-0.05, 0) is 54.7 Å². The summed E-state index contributed by atoms with van der Waals surface area (Å²) in [5.74, 6) is -0.548. The standard InChI is InChI=1S/C22H15ClN4O4S2/c1-31-18-9-6-12(10-17(18)27(29)30)20(28)26-22(32)25-15-8-7-13(23)11-14(15)21-24-16-4-2-3-5-19(16)33-21/h2-11H,1H3,(H2,25,26,28,32). The van der Waals surface area contributed by atoms with E-state index >= 15 is 0 Å². The first kappa shape index (κ1) is 22.6. The summed E-state index contributed by atoms with van der Waals surface area (Å²) in [6.45, 7) is 0. The van der Waals surface area contributed by atoms with Crippen molar-refractivity contribution in [3.8, 4) is 16.3 Å². The molecular weight excluding hydrogens is 484 g/mol. The van der Waals surface area contributed by atoms with Gasteiger partial charge in [-0.25, -0.2) is 4.98 Å². The van der Waals surface area contributed by atoms with Crippen LogP contribution in [-0.2, 0) is 0 Å². The Kier molecular flexibility index (Phi) is 6.50. The highest BCUT2D eigenvalue weighted by atomic mass is 35.5. The summed E-state index contributed by atoms with van der Waals surface area (Å²) < 4.78 is 5.98. The van der Waals surface area contributed by atoms with Crippen LogP contribution < -0.4 is 15.4 Å². The first-order chi connectivity index (χ1) is 15.9. The molecule has 0 bridgehead atoms. The Morgan fingerprint density at radius 1 is 1.18 bits per heavy atom. The van der Waals surface area contributed by atoms with Crippen molar-refractivity contribution in [3.63, 3.8) is 0 Å². The molecule has 0 unspecified atom stereocenters. The molecule has 0 saturated carbocycles. The average molecular weight is 499 g/mol. The van der Waals surface area contributed by atoms with Crippen molar-refractivity contribution in [2.45, 2.75) is 0 Å². The maximum atomic E-state index is 12.6. The quantitative estimate of drug-likeness (QED) is 0.208. The molecule has 0 radical (unpaired) electrons. The molecule has 166 valence electrons. The highest BCUT2D eigenvalue weighted by Gasteiger charge is 2.19. The van der Waals surface area contributed by atoms with Crippen LogP contribution in [0.25, 0.3) is 20.8 Å². The Balaban J connectivity index is 1.56. The zero-order valence-corrected chi connectivity index (χ0v) is 19.4. The number of rotatable bonds is 5. The zero-order valence-electron chi connectivity index (χ0n) is 17.0. The molecule has 1 amide bonds. The van der Waals surface area contributed by atoms with Gasteiger partial charge in [-0.15, -0.1) is 11.3 Å². The van der Waals surface area contributed by atoms with Crippen LogP contribution in [0.4, 0.5) is 11.4 Å². The van der Waals surface area contributed by atoms with Crippen LogP contribution in [0.1, 0.15) is 10.4 Å². The highest BCUT2D eigenvalue weighted by molar-refractivity contribution is 7.80. The molecule has 4 rings (SSSR count). The first-order valence-corrected chi connectivity index (χ1v) is 11.1. The number of thiazole rings is 1. The third kappa shape index (κ3) is 4.92. The molecule has 3 aromatic carbocycles. The fourth-order valence-corrected chi connectivity index (χ4v) is 4.46. The van der Waals surface area contributed by atoms with Crippen LogP contribution in [0.15, 0.2) is 60.7 Å². The SMILES string of the molecule is COc1ccc(C(=O)NC(=S)Nc2ccc(Cl)cc2-c2nc3ccccc3s2)cc1[N+](=O)[O-]. The Labute approximate surface area is 202 Å². The molecule has 1 heterocycles. The van der Waals surface area contributed by atoms with Crippen molar-refractivity contribution >= 4 is 67.8 Å². The van der Waals surface area contributed by atoms with Gasteiger partial charge in [0.15, 0.2) is 10.9 Å². The van der Waals surface area contributed by atoms with Crippen molar-refractivity contribution in [2.75, 3.05) is 12.4 Å². The van der Waals surface area contributed by atoms with Crippen molar-refractivity contribution in [1.29, 1.82) is 0 Å². The topological polar surface area (TPSA) is 106 Å². The summed E-state index contributed by atoms with van der Waals surface area (Å²) in [5, 5.41) is 18.0. The number of para-hydroxylation sites is 1. The predicted octanol–water partition coefficient (Wildman–Crippen LogP) is 5.66. The van der Waals surface area contributed by atoms with Gasteiger partial charge in [0, 0.05) is 22.2 Å². The number of nitro groups is 1. The number of nitrogens with zero attached hydrogens (tertiary/aromatic N) is 2. The van der Waals surface area contributed by atoms with Gasteiger partial charge in [0.25, 0.3) is 5.91 Å². The number of aromatic nitrogens is 1. The number of halogens is 1. The molecular formula is C22H15ClN4O4S2. The van der Waals surface area contributed by atoms with Crippen molar-refractivity contribution in [1.82, 2.24) is 10.3 Å². The lowest BCUT2D eigenvalue weighted by atomic mass is 10.1. The van der Waals surface area contributed by atoms with Gasteiger partial charge in [0.1, 0.15) is 5.01 Å². The molecule has 33 heavy (non-hydrogen) atoms. The number of methoxy groups -OCH3 is 1. The average Bonchev–Trinajstić information content (AvgIpc) is 3.23. The van der Waals surface area contributed by atoms with Gasteiger partial charge < -0.3 is 10.1 Å². The number of fused-ring (bicyclic) bond motifs is 1. The van der Waals surface area contributed by atoms with E-state index in [1.165, 1.54) is 30.6 Å². The second kappa shape index (κ2) is 9.49. The smallest absolute Gasteiger partial charge is 0.311 e. The van der Waals surface area contributed by atoms with E-state index in [-0.39, 0.29) is 22.1 Å². The molecule has 0 spiro atoms. The van der Waals surface area contributed by atoms with E-state index in [2.05, 4.69) is 15.6 Å². The molecule has 0 fully saturated rings. The number of nitrogens with one attached hydrogen (secondary N) is 2. The monoisotopic (exact) mass is 498 g/mol. The van der Waals surface area contributed by atoms with E-state index in [0.29, 0.717) is 10.7 Å². The van der Waals surface area contributed by atoms with E-state index < -0.39 is 10.8 Å². The second-order valence-electron chi connectivity index (χ2n) is 6.73. The van der Waals surface area contributed by atoms with Crippen molar-refractivity contribution in [2.24, 2.45) is 0 Å². The number of nitro benzene ring substituents is 1. The van der Waals surface area contributed by atoms with Crippen LogP contribution in [0, 0.1) is 10.1 Å². The number of anilines is 1. The molecule has 0 aliphatic carbocycles. The van der Waals surface area contributed by atoms with Crippen LogP contribution in [-0.4, -0.2) is 28.0 Å². The van der Waals surface area contributed by atoms with E-state index in [0.717, 1.165) is 26.9 Å². The van der Waals surface area contributed by atoms with E-state index in [1.807, 2.05) is 24.3 Å². The van der Waals surface area contributed by atoms with E-state index in [4.69, 9.17) is 28.6 Å². The maximum Gasteiger partial charge on any atom is 0.311 e. The molecule has 0 aliphatic heterocycles. The molecule has 1 aromatic heterocycles. The Hall–Kier alpha value is -3.60. The predicted molar refractivity (Wildman–Crippen MR) is 133 cm³/mol. The number of carbonyl (C=O) groups excluding carboxylic acids is 1. The van der Waals surface area contributed by atoms with E-state index in [1.54, 1.807) is 18.2 Å². The minimum atomic E-state index is -0.621. The van der Waals surface area contributed by atoms with Crippen molar-refractivity contribution < 1.29 is 14.5 Å². The Bertz CT molecular complexity index is 1370. The molecule has 2 N–H and O–H groups in total. The molecule has 0 saturated heterocycles. The Morgan fingerprint density at radius 3 is 2.70 bits per heavy atom. The summed E-state index contributed by atoms with van der Waals surface area (Å²) in [4.78, 5) is 27.9. The zero-order chi connectivity index (χ0) is 23.5. The van der Waals surface area contributed by atoms with Gasteiger partial charge in [-0.2, -0.15) is 0 Å². The van der Waals surface area contributed by atoms with Gasteiger partial charge in [-0.3, -0.25) is 20.2 Å². The number of carbonyl (C=O) groups is 1. The van der Waals surface area contributed by atoms with Gasteiger partial charge in [0.2, 0.25) is 0 Å². The molecule has 0 aliphatic rings. The van der Waals surface area contributed by atoms with Crippen LogP contribution in [0.2, 0.25) is 5.02 Å². The lowest BCUT2D eigenvalue weighted by Gasteiger charge is -2.13. The third-order valence-corrected chi connectivity index (χ3v) is 6.13. The van der Waals surface area contributed by atoms with Crippen LogP contribution in [0.5, 0.6) is 5.75 Å². The molecule has 4 aromatic rings. The minimum absolute atomic E-state index is 0.0168. The number of hydrogen-bond donors (Lipinski definition) is 2. The number of ether oxygens (including phenoxy) is 1. The lowest BCUT2D eigenvalue weighted by molar-refractivity contribution is -0.385. The largest absolute Gasteiger partial charge is 0.490 e. The fraction of sp³-hybridized carbons (Fsp3) is 0.0455. The highest BCUT2D eigenvalue weighted by Crippen LogP contribution is 2.36.